The van der Waals surface area contributed by atoms with Crippen LogP contribution in [-0.4, -0.2) is 11.2 Å². The molecule has 1 aromatic rings. The quantitative estimate of drug-likeness (QED) is 0.715. The van der Waals surface area contributed by atoms with E-state index in [4.69, 9.17) is 5.26 Å². The largest absolute Gasteiger partial charge is 0.392 e. The summed E-state index contributed by atoms with van der Waals surface area (Å²) in [5.74, 6) is 0. The third-order valence-corrected chi connectivity index (χ3v) is 3.53. The van der Waals surface area contributed by atoms with Crippen LogP contribution in [-0.2, 0) is 6.42 Å². The number of fused-ring (bicyclic) bond motifs is 1. The lowest BCUT2D eigenvalue weighted by Gasteiger charge is -2.27. The van der Waals surface area contributed by atoms with Gasteiger partial charge in [0, 0.05) is 0 Å². The van der Waals surface area contributed by atoms with E-state index in [-0.39, 0.29) is 11.4 Å². The molecule has 1 aliphatic carbocycles. The Morgan fingerprint density at radius 1 is 1.43 bits per heavy atom. The summed E-state index contributed by atoms with van der Waals surface area (Å²) in [6, 6.07) is 8.05. The molecule has 0 aromatic heterocycles. The second-order valence-electron chi connectivity index (χ2n) is 3.43. The van der Waals surface area contributed by atoms with Gasteiger partial charge in [-0.2, -0.15) is 5.26 Å². The molecule has 2 atom stereocenters. The molecule has 2 nitrogen and oxygen atoms in total. The van der Waals surface area contributed by atoms with Crippen LogP contribution in [0.5, 0.6) is 0 Å². The van der Waals surface area contributed by atoms with Gasteiger partial charge in [0.05, 0.1) is 11.4 Å². The lowest BCUT2D eigenvalue weighted by molar-refractivity contribution is 0.155. The highest BCUT2D eigenvalue weighted by Crippen LogP contribution is 2.39. The number of nitrogens with zero attached hydrogens (tertiary/aromatic N) is 1. The van der Waals surface area contributed by atoms with Gasteiger partial charge in [0.1, 0.15) is 5.40 Å². The zero-order valence-electron chi connectivity index (χ0n) is 7.68. The Morgan fingerprint density at radius 2 is 2.21 bits per heavy atom. The molecule has 0 saturated carbocycles. The Bertz CT molecular complexity index is 372. The van der Waals surface area contributed by atoms with Gasteiger partial charge < -0.3 is 5.11 Å². The molecule has 0 saturated heterocycles. The fourth-order valence-corrected chi connectivity index (χ4v) is 2.66. The summed E-state index contributed by atoms with van der Waals surface area (Å²) in [5, 5.41) is 20.4. The van der Waals surface area contributed by atoms with E-state index >= 15 is 0 Å². The Balaban J connectivity index is 2.37. The lowest BCUT2D eigenvalue weighted by atomic mass is 9.89. The van der Waals surface area contributed by atoms with Crippen LogP contribution in [0, 0.1) is 10.7 Å². The topological polar surface area (TPSA) is 44.0 Å². The van der Waals surface area contributed by atoms with Gasteiger partial charge in [0.25, 0.3) is 0 Å². The molecule has 0 radical (unpaired) electrons. The maximum absolute atomic E-state index is 9.77. The fourth-order valence-electron chi connectivity index (χ4n) is 1.90. The first-order valence-corrected chi connectivity index (χ1v) is 5.51. The highest BCUT2D eigenvalue weighted by atomic mass is 32.2. The third-order valence-electron chi connectivity index (χ3n) is 2.60. The van der Waals surface area contributed by atoms with E-state index in [1.165, 1.54) is 5.56 Å². The first kappa shape index (κ1) is 9.57. The van der Waals surface area contributed by atoms with Crippen LogP contribution < -0.4 is 0 Å². The number of aryl methyl sites for hydroxylation is 1. The van der Waals surface area contributed by atoms with Gasteiger partial charge in [0.2, 0.25) is 0 Å². The number of benzene rings is 1. The average Bonchev–Trinajstić information content (AvgIpc) is 2.23. The maximum atomic E-state index is 9.77. The summed E-state index contributed by atoms with van der Waals surface area (Å²) >= 11 is 1.16. The standard InChI is InChI=1S/C11H11NOS/c12-7-14-11-9-4-2-1-3-8(9)5-6-10(11)13/h1-4,10-11,13H,5-6H2. The van der Waals surface area contributed by atoms with Crippen molar-refractivity contribution in [2.45, 2.75) is 24.2 Å². The number of thiocyanates is 1. The summed E-state index contributed by atoms with van der Waals surface area (Å²) in [7, 11) is 0. The van der Waals surface area contributed by atoms with E-state index in [1.807, 2.05) is 18.2 Å². The van der Waals surface area contributed by atoms with Crippen LogP contribution in [0.1, 0.15) is 22.8 Å². The average molecular weight is 205 g/mol. The zero-order valence-corrected chi connectivity index (χ0v) is 8.50. The molecule has 0 spiro atoms. The fraction of sp³-hybridized carbons (Fsp3) is 0.364. The van der Waals surface area contributed by atoms with Gasteiger partial charge in [-0.25, -0.2) is 0 Å². The minimum Gasteiger partial charge on any atom is -0.392 e. The molecule has 1 aliphatic rings. The number of rotatable bonds is 1. The number of thioether (sulfide) groups is 1. The monoisotopic (exact) mass is 205 g/mol. The minimum absolute atomic E-state index is 0.0649. The second-order valence-corrected chi connectivity index (χ2v) is 4.36. The molecular weight excluding hydrogens is 194 g/mol. The number of nitriles is 1. The molecule has 0 heterocycles. The molecular formula is C11H11NOS. The Labute approximate surface area is 87.6 Å². The maximum Gasteiger partial charge on any atom is 0.134 e. The highest BCUT2D eigenvalue weighted by molar-refractivity contribution is 8.04. The number of aliphatic hydroxyl groups excluding tert-OH is 1. The molecule has 72 valence electrons. The van der Waals surface area contributed by atoms with Gasteiger partial charge in [-0.3, -0.25) is 0 Å². The van der Waals surface area contributed by atoms with Crippen molar-refractivity contribution in [1.29, 1.82) is 5.26 Å². The van der Waals surface area contributed by atoms with Crippen LogP contribution in [0.3, 0.4) is 0 Å². The van der Waals surface area contributed by atoms with E-state index in [0.717, 1.165) is 30.2 Å². The van der Waals surface area contributed by atoms with Crippen molar-refractivity contribution in [3.8, 4) is 5.40 Å². The summed E-state index contributed by atoms with van der Waals surface area (Å²) < 4.78 is 0. The molecule has 2 unspecified atom stereocenters. The zero-order chi connectivity index (χ0) is 9.97. The summed E-state index contributed by atoms with van der Waals surface area (Å²) in [6.07, 6.45) is 1.30. The van der Waals surface area contributed by atoms with Gasteiger partial charge in [0.15, 0.2) is 0 Å². The second kappa shape index (κ2) is 4.04. The van der Waals surface area contributed by atoms with Crippen molar-refractivity contribution in [2.75, 3.05) is 0 Å². The number of hydrogen-bond donors (Lipinski definition) is 1. The van der Waals surface area contributed by atoms with Gasteiger partial charge >= 0.3 is 0 Å². The van der Waals surface area contributed by atoms with Crippen LogP contribution in [0.2, 0.25) is 0 Å². The van der Waals surface area contributed by atoms with Gasteiger partial charge in [-0.05, 0) is 35.7 Å². The van der Waals surface area contributed by atoms with Crippen molar-refractivity contribution in [3.63, 3.8) is 0 Å². The first-order chi connectivity index (χ1) is 6.83. The van der Waals surface area contributed by atoms with Crippen LogP contribution in [0.4, 0.5) is 0 Å². The Hall–Kier alpha value is -0.980. The van der Waals surface area contributed by atoms with E-state index in [0.29, 0.717) is 0 Å². The molecule has 0 fully saturated rings. The highest BCUT2D eigenvalue weighted by Gasteiger charge is 2.28. The smallest absolute Gasteiger partial charge is 0.134 e. The predicted octanol–water partition coefficient (Wildman–Crippen LogP) is 2.25. The first-order valence-electron chi connectivity index (χ1n) is 4.63. The van der Waals surface area contributed by atoms with Crippen molar-refractivity contribution in [1.82, 2.24) is 0 Å². The number of aliphatic hydroxyl groups is 1. The van der Waals surface area contributed by atoms with Crippen LogP contribution in [0.15, 0.2) is 24.3 Å². The Morgan fingerprint density at radius 3 is 3.00 bits per heavy atom. The van der Waals surface area contributed by atoms with Crippen LogP contribution in [0.25, 0.3) is 0 Å². The predicted molar refractivity (Wildman–Crippen MR) is 56.7 cm³/mol. The summed E-state index contributed by atoms with van der Waals surface area (Å²) in [4.78, 5) is 0. The minimum atomic E-state index is -0.380. The number of hydrogen-bond acceptors (Lipinski definition) is 3. The molecule has 1 aromatic carbocycles. The normalized spacial score (nSPS) is 25.1. The molecule has 2 rings (SSSR count). The summed E-state index contributed by atoms with van der Waals surface area (Å²) in [5.41, 5.74) is 2.39. The molecule has 3 heteroatoms. The van der Waals surface area contributed by atoms with E-state index in [1.54, 1.807) is 0 Å². The lowest BCUT2D eigenvalue weighted by Crippen LogP contribution is -2.22. The molecule has 0 aliphatic heterocycles. The summed E-state index contributed by atoms with van der Waals surface area (Å²) in [6.45, 7) is 0. The van der Waals surface area contributed by atoms with E-state index in [2.05, 4.69) is 11.5 Å². The van der Waals surface area contributed by atoms with E-state index in [9.17, 15) is 5.11 Å². The van der Waals surface area contributed by atoms with Crippen molar-refractivity contribution >= 4 is 11.8 Å². The van der Waals surface area contributed by atoms with Crippen molar-refractivity contribution < 1.29 is 5.11 Å². The third kappa shape index (κ3) is 1.63. The molecule has 0 bridgehead atoms. The molecule has 0 amide bonds. The molecule has 1 N–H and O–H groups in total. The Kier molecular flexibility index (Phi) is 2.76. The van der Waals surface area contributed by atoms with Crippen LogP contribution >= 0.6 is 11.8 Å². The van der Waals surface area contributed by atoms with Crippen molar-refractivity contribution in [3.05, 3.63) is 35.4 Å². The van der Waals surface area contributed by atoms with E-state index < -0.39 is 0 Å². The van der Waals surface area contributed by atoms with Gasteiger partial charge in [-0.15, -0.1) is 0 Å². The van der Waals surface area contributed by atoms with Crippen molar-refractivity contribution in [2.24, 2.45) is 0 Å². The van der Waals surface area contributed by atoms with Gasteiger partial charge in [-0.1, -0.05) is 24.3 Å². The SMILES string of the molecule is N#CSC1c2ccccc2CCC1O. The molecule has 14 heavy (non-hydrogen) atoms.